The molecule has 1 atom stereocenters. The zero-order valence-corrected chi connectivity index (χ0v) is 13.0. The molecule has 6 heteroatoms. The molecular weight excluding hydrogens is 268 g/mol. The van der Waals surface area contributed by atoms with Gasteiger partial charge in [-0.25, -0.2) is 0 Å². The number of H-pyrrole nitrogens is 1. The van der Waals surface area contributed by atoms with Crippen LogP contribution in [0.3, 0.4) is 0 Å². The van der Waals surface area contributed by atoms with E-state index in [1.54, 1.807) is 0 Å². The van der Waals surface area contributed by atoms with Crippen molar-refractivity contribution >= 4 is 5.91 Å². The van der Waals surface area contributed by atoms with E-state index in [-0.39, 0.29) is 12.0 Å². The quantitative estimate of drug-likeness (QED) is 0.812. The van der Waals surface area contributed by atoms with Crippen molar-refractivity contribution in [2.45, 2.75) is 31.8 Å². The van der Waals surface area contributed by atoms with Crippen LogP contribution in [0.2, 0.25) is 0 Å². The molecule has 1 saturated heterocycles. The molecule has 0 bridgehead atoms. The lowest BCUT2D eigenvalue weighted by Gasteiger charge is -2.33. The van der Waals surface area contributed by atoms with E-state index in [0.717, 1.165) is 44.5 Å². The number of ether oxygens (including phenoxy) is 1. The number of aryl methyl sites for hydroxylation is 1. The van der Waals surface area contributed by atoms with Crippen molar-refractivity contribution < 1.29 is 9.53 Å². The van der Waals surface area contributed by atoms with Crippen LogP contribution < -0.4 is 0 Å². The minimum absolute atomic E-state index is 0.180. The molecule has 1 aliphatic rings. The lowest BCUT2D eigenvalue weighted by Crippen LogP contribution is -2.46. The van der Waals surface area contributed by atoms with Crippen LogP contribution in [-0.2, 0) is 16.0 Å². The van der Waals surface area contributed by atoms with E-state index in [0.29, 0.717) is 13.0 Å². The number of carbonyl (C=O) groups is 1. The van der Waals surface area contributed by atoms with Crippen LogP contribution in [-0.4, -0.2) is 72.3 Å². The van der Waals surface area contributed by atoms with Crippen LogP contribution in [0.25, 0.3) is 0 Å². The Labute approximate surface area is 126 Å². The van der Waals surface area contributed by atoms with Gasteiger partial charge in [0.1, 0.15) is 0 Å². The number of amides is 1. The standard InChI is InChI=1S/C15H26N4O2/c1-18(2)7-6-14-12-19(8-9-21-14)15(20)5-3-4-13-10-16-17-11-13/h10-11,14H,3-9,12H2,1-2H3,(H,16,17). The Bertz CT molecular complexity index is 419. The summed E-state index contributed by atoms with van der Waals surface area (Å²) in [6.45, 7) is 3.11. The van der Waals surface area contributed by atoms with Crippen LogP contribution in [0.1, 0.15) is 24.8 Å². The SMILES string of the molecule is CN(C)CCC1CN(C(=O)CCCc2cn[nH]c2)CCO1. The van der Waals surface area contributed by atoms with Crippen LogP contribution in [0, 0.1) is 0 Å². The van der Waals surface area contributed by atoms with Crippen LogP contribution in [0.5, 0.6) is 0 Å². The second kappa shape index (κ2) is 8.14. The highest BCUT2D eigenvalue weighted by atomic mass is 16.5. The predicted molar refractivity (Wildman–Crippen MR) is 81.0 cm³/mol. The first kappa shape index (κ1) is 16.0. The van der Waals surface area contributed by atoms with E-state index < -0.39 is 0 Å². The molecule has 1 unspecified atom stereocenters. The third-order valence-electron chi connectivity index (χ3n) is 3.80. The van der Waals surface area contributed by atoms with Crippen molar-refractivity contribution in [3.8, 4) is 0 Å². The average Bonchev–Trinajstić information content (AvgIpc) is 2.98. The highest BCUT2D eigenvalue weighted by Gasteiger charge is 2.23. The minimum Gasteiger partial charge on any atom is -0.374 e. The van der Waals surface area contributed by atoms with Crippen molar-refractivity contribution in [2.75, 3.05) is 40.3 Å². The summed E-state index contributed by atoms with van der Waals surface area (Å²) in [6, 6.07) is 0. The van der Waals surface area contributed by atoms with Gasteiger partial charge in [0.05, 0.1) is 18.9 Å². The molecule has 21 heavy (non-hydrogen) atoms. The topological polar surface area (TPSA) is 61.5 Å². The van der Waals surface area contributed by atoms with Gasteiger partial charge in [-0.15, -0.1) is 0 Å². The Balaban J connectivity index is 1.68. The highest BCUT2D eigenvalue weighted by molar-refractivity contribution is 5.76. The van der Waals surface area contributed by atoms with E-state index in [4.69, 9.17) is 4.74 Å². The molecule has 1 aromatic rings. The summed E-state index contributed by atoms with van der Waals surface area (Å²) in [5.41, 5.74) is 1.16. The summed E-state index contributed by atoms with van der Waals surface area (Å²) < 4.78 is 5.74. The Morgan fingerprint density at radius 1 is 1.57 bits per heavy atom. The summed E-state index contributed by atoms with van der Waals surface area (Å²) in [6.07, 6.45) is 7.23. The zero-order valence-electron chi connectivity index (χ0n) is 13.0. The van der Waals surface area contributed by atoms with Gasteiger partial charge in [-0.1, -0.05) is 0 Å². The monoisotopic (exact) mass is 294 g/mol. The molecule has 0 saturated carbocycles. The first-order chi connectivity index (χ1) is 10.1. The number of nitrogens with zero attached hydrogens (tertiary/aromatic N) is 3. The fourth-order valence-corrected chi connectivity index (χ4v) is 2.54. The molecular formula is C15H26N4O2. The van der Waals surface area contributed by atoms with E-state index in [1.165, 1.54) is 0 Å². The maximum Gasteiger partial charge on any atom is 0.222 e. The van der Waals surface area contributed by atoms with Gasteiger partial charge >= 0.3 is 0 Å². The smallest absolute Gasteiger partial charge is 0.222 e. The molecule has 2 heterocycles. The highest BCUT2D eigenvalue weighted by Crippen LogP contribution is 2.12. The predicted octanol–water partition coefficient (Wildman–Crippen LogP) is 0.912. The van der Waals surface area contributed by atoms with Gasteiger partial charge in [0.2, 0.25) is 5.91 Å². The first-order valence-corrected chi connectivity index (χ1v) is 7.67. The van der Waals surface area contributed by atoms with Crippen molar-refractivity contribution in [1.29, 1.82) is 0 Å². The molecule has 6 nitrogen and oxygen atoms in total. The van der Waals surface area contributed by atoms with Crippen molar-refractivity contribution in [3.05, 3.63) is 18.0 Å². The number of hydrogen-bond donors (Lipinski definition) is 1. The normalized spacial score (nSPS) is 19.2. The molecule has 1 aromatic heterocycles. The zero-order chi connectivity index (χ0) is 15.1. The molecule has 0 aliphatic carbocycles. The molecule has 1 fully saturated rings. The van der Waals surface area contributed by atoms with Gasteiger partial charge in [-0.05, 0) is 38.9 Å². The summed E-state index contributed by atoms with van der Waals surface area (Å²) >= 11 is 0. The molecule has 0 radical (unpaired) electrons. The number of carbonyl (C=O) groups excluding carboxylic acids is 1. The molecule has 1 amide bonds. The summed E-state index contributed by atoms with van der Waals surface area (Å²) in [5.74, 6) is 0.247. The molecule has 0 spiro atoms. The van der Waals surface area contributed by atoms with Crippen LogP contribution in [0.15, 0.2) is 12.4 Å². The van der Waals surface area contributed by atoms with E-state index >= 15 is 0 Å². The van der Waals surface area contributed by atoms with Gasteiger partial charge in [-0.3, -0.25) is 9.89 Å². The third-order valence-corrected chi connectivity index (χ3v) is 3.80. The number of aromatic amines is 1. The number of nitrogens with one attached hydrogen (secondary N) is 1. The second-order valence-electron chi connectivity index (χ2n) is 5.88. The van der Waals surface area contributed by atoms with Gasteiger partial charge in [0, 0.05) is 32.3 Å². The van der Waals surface area contributed by atoms with Crippen LogP contribution in [0.4, 0.5) is 0 Å². The lowest BCUT2D eigenvalue weighted by molar-refractivity contribution is -0.139. The molecule has 0 aromatic carbocycles. The molecule has 1 aliphatic heterocycles. The first-order valence-electron chi connectivity index (χ1n) is 7.67. The number of hydrogen-bond acceptors (Lipinski definition) is 4. The summed E-state index contributed by atoms with van der Waals surface area (Å²) in [7, 11) is 4.11. The Morgan fingerprint density at radius 3 is 3.14 bits per heavy atom. The largest absolute Gasteiger partial charge is 0.374 e. The Kier molecular flexibility index (Phi) is 6.20. The maximum atomic E-state index is 12.2. The number of morpholine rings is 1. The second-order valence-corrected chi connectivity index (χ2v) is 5.88. The summed E-state index contributed by atoms with van der Waals surface area (Å²) in [4.78, 5) is 16.4. The van der Waals surface area contributed by atoms with E-state index in [9.17, 15) is 4.79 Å². The van der Waals surface area contributed by atoms with Gasteiger partial charge in [0.15, 0.2) is 0 Å². The molecule has 2 rings (SSSR count). The fourth-order valence-electron chi connectivity index (χ4n) is 2.54. The fraction of sp³-hybridized carbons (Fsp3) is 0.733. The lowest BCUT2D eigenvalue weighted by atomic mass is 10.1. The van der Waals surface area contributed by atoms with Gasteiger partial charge in [-0.2, -0.15) is 5.10 Å². The minimum atomic E-state index is 0.180. The van der Waals surface area contributed by atoms with E-state index in [2.05, 4.69) is 29.2 Å². The Hall–Kier alpha value is -1.40. The number of rotatable bonds is 7. The molecule has 118 valence electrons. The molecule has 1 N–H and O–H groups in total. The van der Waals surface area contributed by atoms with E-state index in [1.807, 2.05) is 17.3 Å². The summed E-state index contributed by atoms with van der Waals surface area (Å²) in [5, 5.41) is 6.71. The van der Waals surface area contributed by atoms with Crippen molar-refractivity contribution in [1.82, 2.24) is 20.0 Å². The van der Waals surface area contributed by atoms with Crippen molar-refractivity contribution in [2.24, 2.45) is 0 Å². The van der Waals surface area contributed by atoms with Crippen LogP contribution >= 0.6 is 0 Å². The Morgan fingerprint density at radius 2 is 2.43 bits per heavy atom. The average molecular weight is 294 g/mol. The van der Waals surface area contributed by atoms with Gasteiger partial charge < -0.3 is 14.5 Å². The maximum absolute atomic E-state index is 12.2. The number of aromatic nitrogens is 2. The third kappa shape index (κ3) is 5.47. The van der Waals surface area contributed by atoms with Crippen molar-refractivity contribution in [3.63, 3.8) is 0 Å². The van der Waals surface area contributed by atoms with Gasteiger partial charge in [0.25, 0.3) is 0 Å².